The number of thiophene rings is 1. The molecule has 1 aromatic carbocycles. The third-order valence-electron chi connectivity index (χ3n) is 2.53. The van der Waals surface area contributed by atoms with Crippen LogP contribution < -0.4 is 0 Å². The summed E-state index contributed by atoms with van der Waals surface area (Å²) in [6.07, 6.45) is 0. The molecule has 102 valence electrons. The summed E-state index contributed by atoms with van der Waals surface area (Å²) in [6, 6.07) is 6.03. The number of nitriles is 1. The van der Waals surface area contributed by atoms with Crippen LogP contribution in [-0.2, 0) is 0 Å². The molecule has 0 fully saturated rings. The van der Waals surface area contributed by atoms with Crippen molar-refractivity contribution in [1.29, 1.82) is 5.26 Å². The molecule has 0 aliphatic rings. The highest BCUT2D eigenvalue weighted by Gasteiger charge is 2.26. The van der Waals surface area contributed by atoms with Crippen molar-refractivity contribution in [2.24, 2.45) is 0 Å². The predicted molar refractivity (Wildman–Crippen MR) is 78.8 cm³/mol. The molecule has 0 amide bonds. The molecule has 0 saturated heterocycles. The molecule has 2 rings (SSSR count). The first-order chi connectivity index (χ1) is 9.42. The van der Waals surface area contributed by atoms with Crippen LogP contribution in [0, 0.1) is 23.0 Å². The van der Waals surface area contributed by atoms with Crippen LogP contribution in [0.15, 0.2) is 31.8 Å². The van der Waals surface area contributed by atoms with Crippen LogP contribution in [0.4, 0.5) is 8.78 Å². The van der Waals surface area contributed by atoms with E-state index in [4.69, 9.17) is 5.26 Å². The van der Waals surface area contributed by atoms with E-state index in [1.807, 2.05) is 0 Å². The summed E-state index contributed by atoms with van der Waals surface area (Å²) < 4.78 is 27.7. The molecule has 1 unspecified atom stereocenters. The summed E-state index contributed by atoms with van der Waals surface area (Å²) in [6.45, 7) is 0. The number of rotatable bonds is 3. The molecule has 2 aromatic rings. The standard InChI is InChI=1S/C13H5Br2F2NOS/c14-11-4-9(13(15)20-11)12(19)10(5-18)6-1-7(16)3-8(17)2-6/h1-4,10H. The fourth-order valence-corrected chi connectivity index (χ4v) is 4.51. The summed E-state index contributed by atoms with van der Waals surface area (Å²) in [5, 5.41) is 9.15. The molecule has 0 N–H and O–H groups in total. The van der Waals surface area contributed by atoms with E-state index in [1.165, 1.54) is 11.3 Å². The molecule has 0 bridgehead atoms. The monoisotopic (exact) mass is 419 g/mol. The van der Waals surface area contributed by atoms with Gasteiger partial charge in [0.2, 0.25) is 0 Å². The number of carbonyl (C=O) groups excluding carboxylic acids is 1. The number of Topliss-reactive ketones (excluding diaryl/α,β-unsaturated/α-hetero) is 1. The molecular formula is C13H5Br2F2NOS. The number of hydrogen-bond donors (Lipinski definition) is 0. The van der Waals surface area contributed by atoms with Gasteiger partial charge >= 0.3 is 0 Å². The van der Waals surface area contributed by atoms with Gasteiger partial charge < -0.3 is 0 Å². The summed E-state index contributed by atoms with van der Waals surface area (Å²) in [7, 11) is 0. The number of nitrogens with zero attached hydrogens (tertiary/aromatic N) is 1. The molecule has 1 atom stereocenters. The number of hydrogen-bond acceptors (Lipinski definition) is 3. The molecule has 0 radical (unpaired) electrons. The highest BCUT2D eigenvalue weighted by molar-refractivity contribution is 9.12. The van der Waals surface area contributed by atoms with E-state index in [-0.39, 0.29) is 5.56 Å². The number of carbonyl (C=O) groups is 1. The van der Waals surface area contributed by atoms with Crippen molar-refractivity contribution in [1.82, 2.24) is 0 Å². The zero-order valence-corrected chi connectivity index (χ0v) is 13.7. The lowest BCUT2D eigenvalue weighted by atomic mass is 9.93. The van der Waals surface area contributed by atoms with Crippen molar-refractivity contribution in [2.45, 2.75) is 5.92 Å². The van der Waals surface area contributed by atoms with Crippen molar-refractivity contribution in [2.75, 3.05) is 0 Å². The fraction of sp³-hybridized carbons (Fsp3) is 0.0769. The Labute approximate surface area is 134 Å². The average Bonchev–Trinajstić information content (AvgIpc) is 2.68. The third-order valence-corrected chi connectivity index (χ3v) is 4.87. The van der Waals surface area contributed by atoms with E-state index in [2.05, 4.69) is 31.9 Å². The van der Waals surface area contributed by atoms with Gasteiger partial charge in [-0.05, 0) is 55.6 Å². The first-order valence-electron chi connectivity index (χ1n) is 5.27. The van der Waals surface area contributed by atoms with Crippen LogP contribution in [0.3, 0.4) is 0 Å². The number of halogens is 4. The van der Waals surface area contributed by atoms with E-state index < -0.39 is 23.3 Å². The highest BCUT2D eigenvalue weighted by atomic mass is 79.9. The Balaban J connectivity index is 2.45. The molecular weight excluding hydrogens is 416 g/mol. The highest BCUT2D eigenvalue weighted by Crippen LogP contribution is 2.35. The van der Waals surface area contributed by atoms with Gasteiger partial charge in [-0.2, -0.15) is 5.26 Å². The van der Waals surface area contributed by atoms with E-state index >= 15 is 0 Å². The molecule has 2 nitrogen and oxygen atoms in total. The van der Waals surface area contributed by atoms with Gasteiger partial charge in [0.15, 0.2) is 5.78 Å². The van der Waals surface area contributed by atoms with Gasteiger partial charge in [-0.15, -0.1) is 11.3 Å². The SMILES string of the molecule is N#CC(C(=O)c1cc(Br)sc1Br)c1cc(F)cc(F)c1. The van der Waals surface area contributed by atoms with Gasteiger partial charge in [-0.1, -0.05) is 0 Å². The third kappa shape index (κ3) is 3.14. The molecule has 7 heteroatoms. The van der Waals surface area contributed by atoms with Gasteiger partial charge in [-0.3, -0.25) is 4.79 Å². The first kappa shape index (κ1) is 15.3. The second kappa shape index (κ2) is 6.12. The molecule has 1 heterocycles. The van der Waals surface area contributed by atoms with Gasteiger partial charge in [0.25, 0.3) is 0 Å². The quantitative estimate of drug-likeness (QED) is 0.652. The Hall–Kier alpha value is -1.10. The Kier molecular flexibility index (Phi) is 4.68. The molecule has 0 aliphatic heterocycles. The molecule has 1 aromatic heterocycles. The normalized spacial score (nSPS) is 11.9. The van der Waals surface area contributed by atoms with Gasteiger partial charge in [-0.25, -0.2) is 8.78 Å². The van der Waals surface area contributed by atoms with Crippen LogP contribution in [0.25, 0.3) is 0 Å². The Morgan fingerprint density at radius 2 is 1.80 bits per heavy atom. The van der Waals surface area contributed by atoms with Crippen molar-refractivity contribution in [3.8, 4) is 6.07 Å². The average molecular weight is 421 g/mol. The van der Waals surface area contributed by atoms with Gasteiger partial charge in [0.05, 0.1) is 13.6 Å². The second-order valence-corrected chi connectivity index (χ2v) is 7.62. The molecule has 20 heavy (non-hydrogen) atoms. The topological polar surface area (TPSA) is 40.9 Å². The zero-order chi connectivity index (χ0) is 14.9. The van der Waals surface area contributed by atoms with Crippen molar-refractivity contribution >= 4 is 49.0 Å². The lowest BCUT2D eigenvalue weighted by molar-refractivity contribution is 0.0978. The summed E-state index contributed by atoms with van der Waals surface area (Å²) in [5.41, 5.74) is 0.308. The second-order valence-electron chi connectivity index (χ2n) is 3.87. The minimum Gasteiger partial charge on any atom is -0.292 e. The smallest absolute Gasteiger partial charge is 0.186 e. The van der Waals surface area contributed by atoms with E-state index in [0.29, 0.717) is 15.4 Å². The zero-order valence-electron chi connectivity index (χ0n) is 9.66. The summed E-state index contributed by atoms with van der Waals surface area (Å²) >= 11 is 7.74. The summed E-state index contributed by atoms with van der Waals surface area (Å²) in [4.78, 5) is 12.3. The van der Waals surface area contributed by atoms with Crippen molar-refractivity contribution < 1.29 is 13.6 Å². The lowest BCUT2D eigenvalue weighted by Gasteiger charge is -2.08. The largest absolute Gasteiger partial charge is 0.292 e. The lowest BCUT2D eigenvalue weighted by Crippen LogP contribution is -2.11. The molecule has 0 saturated carbocycles. The van der Waals surface area contributed by atoms with E-state index in [9.17, 15) is 13.6 Å². The maximum Gasteiger partial charge on any atom is 0.186 e. The Bertz CT molecular complexity index is 703. The first-order valence-corrected chi connectivity index (χ1v) is 7.67. The van der Waals surface area contributed by atoms with Crippen molar-refractivity contribution in [3.05, 3.63) is 54.6 Å². The van der Waals surface area contributed by atoms with Crippen LogP contribution in [0.2, 0.25) is 0 Å². The molecule has 0 spiro atoms. The number of ketones is 1. The van der Waals surface area contributed by atoms with E-state index in [1.54, 1.807) is 12.1 Å². The van der Waals surface area contributed by atoms with Crippen LogP contribution in [0.5, 0.6) is 0 Å². The van der Waals surface area contributed by atoms with Crippen molar-refractivity contribution in [3.63, 3.8) is 0 Å². The van der Waals surface area contributed by atoms with E-state index in [0.717, 1.165) is 15.9 Å². The molecule has 0 aliphatic carbocycles. The summed E-state index contributed by atoms with van der Waals surface area (Å²) in [5.74, 6) is -3.40. The van der Waals surface area contributed by atoms with Crippen LogP contribution >= 0.6 is 43.2 Å². The maximum atomic E-state index is 13.2. The van der Waals surface area contributed by atoms with Crippen LogP contribution in [0.1, 0.15) is 21.8 Å². The minimum absolute atomic E-state index is 0.00391. The minimum atomic E-state index is -1.25. The fourth-order valence-electron chi connectivity index (χ4n) is 1.69. The maximum absolute atomic E-state index is 13.2. The van der Waals surface area contributed by atoms with Crippen LogP contribution in [-0.4, -0.2) is 5.78 Å². The predicted octanol–water partition coefficient (Wildman–Crippen LogP) is 5.04. The van der Waals surface area contributed by atoms with Gasteiger partial charge in [0.1, 0.15) is 17.6 Å². The van der Waals surface area contributed by atoms with Gasteiger partial charge in [0, 0.05) is 11.6 Å². The Morgan fingerprint density at radius 1 is 1.20 bits per heavy atom. The Morgan fingerprint density at radius 3 is 2.25 bits per heavy atom. The number of benzene rings is 1.